The zero-order valence-electron chi connectivity index (χ0n) is 21.4. The number of nitrogens with zero attached hydrogens (tertiary/aromatic N) is 1. The van der Waals surface area contributed by atoms with E-state index < -0.39 is 12.4 Å². The Hall–Kier alpha value is -2.97. The van der Waals surface area contributed by atoms with E-state index in [1.54, 1.807) is 0 Å². The summed E-state index contributed by atoms with van der Waals surface area (Å²) in [4.78, 5) is 14.4. The summed E-state index contributed by atoms with van der Waals surface area (Å²) in [6.07, 6.45) is 7.99. The number of ether oxygens (including phenoxy) is 3. The lowest BCUT2D eigenvalue weighted by Gasteiger charge is -2.39. The van der Waals surface area contributed by atoms with E-state index in [4.69, 9.17) is 14.2 Å². The molecule has 1 saturated carbocycles. The van der Waals surface area contributed by atoms with Crippen LogP contribution in [0.5, 0.6) is 0 Å². The molecule has 2 aromatic rings. The van der Waals surface area contributed by atoms with E-state index in [9.17, 15) is 9.90 Å². The minimum absolute atomic E-state index is 0.0135. The molecule has 7 heteroatoms. The summed E-state index contributed by atoms with van der Waals surface area (Å²) >= 11 is 0. The minimum Gasteiger partial charge on any atom is -0.445 e. The van der Waals surface area contributed by atoms with Gasteiger partial charge in [-0.25, -0.2) is 4.79 Å². The van der Waals surface area contributed by atoms with E-state index >= 15 is 0 Å². The van der Waals surface area contributed by atoms with Crippen LogP contribution in [0.1, 0.15) is 61.2 Å². The van der Waals surface area contributed by atoms with Crippen LogP contribution in [-0.2, 0) is 20.8 Å². The maximum atomic E-state index is 11.9. The van der Waals surface area contributed by atoms with Gasteiger partial charge in [-0.3, -0.25) is 10.2 Å². The molecule has 1 aliphatic heterocycles. The van der Waals surface area contributed by atoms with Crippen molar-refractivity contribution >= 4 is 11.8 Å². The Kier molecular flexibility index (Phi) is 9.91. The molecule has 1 heterocycles. The van der Waals surface area contributed by atoms with Crippen LogP contribution in [0.4, 0.5) is 10.5 Å². The number of aliphatic hydroxyl groups is 1. The molecule has 3 unspecified atom stereocenters. The first-order valence-corrected chi connectivity index (χ1v) is 13.1. The monoisotopic (exact) mass is 506 g/mol. The normalized spacial score (nSPS) is 22.1. The minimum atomic E-state index is -0.544. The third kappa shape index (κ3) is 7.52. The number of nitrogens with one attached hydrogen (secondary N) is 1. The van der Waals surface area contributed by atoms with E-state index in [0.717, 1.165) is 36.2 Å². The van der Waals surface area contributed by atoms with Gasteiger partial charge in [0.1, 0.15) is 6.61 Å². The standard InChI is InChI=1S/C30H38N2O5/c1-3-17-32(26-7-5-6-8-26)20-27-19-28(23-11-9-22(21-33)10-12-23)37-29(36-27)24-13-15-25(16-14-24)31-30(34)35-18-4-2/h3-4,9-16,26-29,33H,1-2,5-8,17-21H2,(H,31,34). The van der Waals surface area contributed by atoms with Gasteiger partial charge in [-0.2, -0.15) is 0 Å². The van der Waals surface area contributed by atoms with Crippen LogP contribution in [0.2, 0.25) is 0 Å². The summed E-state index contributed by atoms with van der Waals surface area (Å²) in [5.41, 5.74) is 3.44. The molecule has 1 saturated heterocycles. The molecule has 2 aromatic carbocycles. The quantitative estimate of drug-likeness (QED) is 0.370. The number of aliphatic hydroxyl groups excluding tert-OH is 1. The average molecular weight is 507 g/mol. The zero-order valence-corrected chi connectivity index (χ0v) is 21.4. The highest BCUT2D eigenvalue weighted by atomic mass is 16.7. The molecule has 4 rings (SSSR count). The summed E-state index contributed by atoms with van der Waals surface area (Å²) in [6, 6.07) is 15.9. The number of carbonyl (C=O) groups excluding carboxylic acids is 1. The Labute approximate surface area is 219 Å². The SMILES string of the molecule is C=CCOC(=O)Nc1ccc(C2OC(CN(CC=C)C3CCCC3)CC(c3ccc(CO)cc3)O2)cc1. The van der Waals surface area contributed by atoms with Gasteiger partial charge in [0, 0.05) is 36.8 Å². The van der Waals surface area contributed by atoms with E-state index in [1.807, 2.05) is 54.6 Å². The van der Waals surface area contributed by atoms with E-state index in [0.29, 0.717) is 11.7 Å². The Morgan fingerprint density at radius 1 is 1.03 bits per heavy atom. The fourth-order valence-corrected chi connectivity index (χ4v) is 5.11. The molecule has 2 aliphatic rings. The van der Waals surface area contributed by atoms with Crippen molar-refractivity contribution in [1.82, 2.24) is 4.90 Å². The highest BCUT2D eigenvalue weighted by Gasteiger charge is 2.34. The van der Waals surface area contributed by atoms with Crippen molar-refractivity contribution in [3.63, 3.8) is 0 Å². The van der Waals surface area contributed by atoms with E-state index in [1.165, 1.54) is 31.8 Å². The lowest BCUT2D eigenvalue weighted by Crippen LogP contribution is -2.43. The van der Waals surface area contributed by atoms with Crippen LogP contribution in [0.3, 0.4) is 0 Å². The predicted molar refractivity (Wildman–Crippen MR) is 144 cm³/mol. The second kappa shape index (κ2) is 13.5. The van der Waals surface area contributed by atoms with Gasteiger partial charge in [-0.1, -0.05) is 68.0 Å². The Morgan fingerprint density at radius 3 is 2.38 bits per heavy atom. The second-order valence-corrected chi connectivity index (χ2v) is 9.67. The first-order valence-electron chi connectivity index (χ1n) is 13.1. The highest BCUT2D eigenvalue weighted by Crippen LogP contribution is 2.39. The highest BCUT2D eigenvalue weighted by molar-refractivity contribution is 5.84. The van der Waals surface area contributed by atoms with Gasteiger partial charge in [0.05, 0.1) is 18.8 Å². The van der Waals surface area contributed by atoms with Gasteiger partial charge in [0.25, 0.3) is 0 Å². The van der Waals surface area contributed by atoms with Crippen LogP contribution in [-0.4, -0.2) is 47.9 Å². The van der Waals surface area contributed by atoms with Crippen molar-refractivity contribution in [3.8, 4) is 0 Å². The molecule has 198 valence electrons. The Morgan fingerprint density at radius 2 is 1.73 bits per heavy atom. The number of rotatable bonds is 11. The van der Waals surface area contributed by atoms with Crippen LogP contribution < -0.4 is 5.32 Å². The number of carbonyl (C=O) groups is 1. The van der Waals surface area contributed by atoms with Crippen LogP contribution in [0, 0.1) is 0 Å². The molecule has 1 amide bonds. The topological polar surface area (TPSA) is 80.3 Å². The van der Waals surface area contributed by atoms with Gasteiger partial charge in [-0.05, 0) is 36.1 Å². The van der Waals surface area contributed by atoms with Gasteiger partial charge in [0.15, 0.2) is 6.29 Å². The van der Waals surface area contributed by atoms with Crippen molar-refractivity contribution in [2.24, 2.45) is 0 Å². The van der Waals surface area contributed by atoms with Gasteiger partial charge < -0.3 is 19.3 Å². The Bertz CT molecular complexity index is 1020. The number of amides is 1. The summed E-state index contributed by atoms with van der Waals surface area (Å²) in [6.45, 7) is 9.35. The molecule has 1 aliphatic carbocycles. The largest absolute Gasteiger partial charge is 0.445 e. The molecule has 0 radical (unpaired) electrons. The molecule has 2 N–H and O–H groups in total. The summed E-state index contributed by atoms with van der Waals surface area (Å²) in [7, 11) is 0. The smallest absolute Gasteiger partial charge is 0.411 e. The lowest BCUT2D eigenvalue weighted by molar-refractivity contribution is -0.253. The fraction of sp³-hybridized carbons (Fsp3) is 0.433. The average Bonchev–Trinajstić information content (AvgIpc) is 3.47. The zero-order chi connectivity index (χ0) is 26.0. The number of anilines is 1. The summed E-state index contributed by atoms with van der Waals surface area (Å²) < 4.78 is 18.0. The van der Waals surface area contributed by atoms with E-state index in [-0.39, 0.29) is 25.4 Å². The van der Waals surface area contributed by atoms with Crippen LogP contribution >= 0.6 is 0 Å². The predicted octanol–water partition coefficient (Wildman–Crippen LogP) is 5.89. The number of benzene rings is 2. The molecule has 7 nitrogen and oxygen atoms in total. The van der Waals surface area contributed by atoms with Crippen molar-refractivity contribution in [2.45, 2.75) is 63.3 Å². The first-order chi connectivity index (χ1) is 18.1. The maximum Gasteiger partial charge on any atom is 0.411 e. The molecule has 37 heavy (non-hydrogen) atoms. The van der Waals surface area contributed by atoms with Gasteiger partial charge in [-0.15, -0.1) is 6.58 Å². The van der Waals surface area contributed by atoms with Crippen molar-refractivity contribution in [3.05, 3.63) is 90.5 Å². The molecular weight excluding hydrogens is 468 g/mol. The molecule has 0 spiro atoms. The first kappa shape index (κ1) is 27.1. The van der Waals surface area contributed by atoms with E-state index in [2.05, 4.69) is 23.4 Å². The van der Waals surface area contributed by atoms with Crippen molar-refractivity contribution < 1.29 is 24.1 Å². The fourth-order valence-electron chi connectivity index (χ4n) is 5.11. The number of hydrogen-bond donors (Lipinski definition) is 2. The van der Waals surface area contributed by atoms with Gasteiger partial charge in [0.2, 0.25) is 0 Å². The molecule has 0 aromatic heterocycles. The van der Waals surface area contributed by atoms with Crippen molar-refractivity contribution in [2.75, 3.05) is 25.0 Å². The maximum absolute atomic E-state index is 11.9. The lowest BCUT2D eigenvalue weighted by atomic mass is 9.99. The third-order valence-corrected chi connectivity index (χ3v) is 7.02. The summed E-state index contributed by atoms with van der Waals surface area (Å²) in [5.74, 6) is 0. The van der Waals surface area contributed by atoms with Crippen LogP contribution in [0.15, 0.2) is 73.8 Å². The molecule has 2 fully saturated rings. The summed E-state index contributed by atoms with van der Waals surface area (Å²) in [5, 5.41) is 12.1. The molecule has 3 atom stereocenters. The number of hydrogen-bond acceptors (Lipinski definition) is 6. The Balaban J connectivity index is 1.51. The molecule has 0 bridgehead atoms. The second-order valence-electron chi connectivity index (χ2n) is 9.67. The van der Waals surface area contributed by atoms with Gasteiger partial charge >= 0.3 is 6.09 Å². The van der Waals surface area contributed by atoms with Crippen molar-refractivity contribution in [1.29, 1.82) is 0 Å². The van der Waals surface area contributed by atoms with Crippen LogP contribution in [0.25, 0.3) is 0 Å². The third-order valence-electron chi connectivity index (χ3n) is 7.02. The molecular formula is C30H38N2O5.